The van der Waals surface area contributed by atoms with E-state index >= 15 is 0 Å². The molecule has 1 aromatic heterocycles. The molecule has 1 amide bonds. The smallest absolute Gasteiger partial charge is 0.312 e. The Bertz CT molecular complexity index is 1300. The van der Waals surface area contributed by atoms with Crippen molar-refractivity contribution in [1.82, 2.24) is 9.13 Å². The number of rotatable bonds is 8. The number of carbonyl (C=O) groups excluding carboxylic acids is 1. The fourth-order valence-corrected chi connectivity index (χ4v) is 3.53. The summed E-state index contributed by atoms with van der Waals surface area (Å²) in [4.78, 5) is 31.8. The normalized spacial score (nSPS) is 12.0. The largest absolute Gasteiger partial charge is 0.339 e. The van der Waals surface area contributed by atoms with E-state index in [1.807, 2.05) is 6.92 Å². The first-order valence-electron chi connectivity index (χ1n) is 10.9. The summed E-state index contributed by atoms with van der Waals surface area (Å²) in [5.41, 5.74) is 2.06. The summed E-state index contributed by atoms with van der Waals surface area (Å²) < 4.78 is 2.96. The molecule has 8 heteroatoms. The van der Waals surface area contributed by atoms with Crippen LogP contribution in [0.15, 0.2) is 71.0 Å². The van der Waals surface area contributed by atoms with Crippen molar-refractivity contribution < 1.29 is 4.79 Å². The summed E-state index contributed by atoms with van der Waals surface area (Å²) in [5.74, 6) is 0.331. The highest BCUT2D eigenvalue weighted by Gasteiger charge is 2.23. The van der Waals surface area contributed by atoms with E-state index in [4.69, 9.17) is 17.0 Å². The maximum atomic E-state index is 13.7. The van der Waals surface area contributed by atoms with Crippen LogP contribution in [-0.4, -0.2) is 34.0 Å². The minimum atomic E-state index is -0.358. The van der Waals surface area contributed by atoms with Crippen LogP contribution >= 0.6 is 11.6 Å². The quantitative estimate of drug-likeness (QED) is 0.340. The van der Waals surface area contributed by atoms with Gasteiger partial charge in [-0.3, -0.25) is 9.36 Å². The number of hydrogen-bond acceptors (Lipinski definition) is 4. The van der Waals surface area contributed by atoms with E-state index in [9.17, 15) is 9.59 Å². The Kier molecular flexibility index (Phi) is 7.68. The SMILES string of the molecule is C=CC(=O)N(C)c1ccc(-n2c(N=CC(C)CC)c(C(C)=N)n(-c3ccc(Cl)cc3)c2=O)cc1. The van der Waals surface area contributed by atoms with Gasteiger partial charge in [-0.1, -0.05) is 32.0 Å². The molecule has 3 rings (SSSR count). The van der Waals surface area contributed by atoms with Crippen LogP contribution in [0.4, 0.5) is 11.5 Å². The lowest BCUT2D eigenvalue weighted by atomic mass is 10.1. The van der Waals surface area contributed by atoms with E-state index in [-0.39, 0.29) is 23.2 Å². The molecule has 0 aliphatic carbocycles. The molecule has 0 bridgehead atoms. The van der Waals surface area contributed by atoms with Crippen molar-refractivity contribution in [2.24, 2.45) is 10.9 Å². The molecule has 2 aromatic carbocycles. The zero-order valence-corrected chi connectivity index (χ0v) is 20.5. The molecule has 1 atom stereocenters. The van der Waals surface area contributed by atoms with Gasteiger partial charge in [-0.25, -0.2) is 14.4 Å². The lowest BCUT2D eigenvalue weighted by Crippen LogP contribution is -2.24. The molecule has 0 spiro atoms. The number of hydrogen-bond donors (Lipinski definition) is 1. The number of anilines is 1. The van der Waals surface area contributed by atoms with Crippen molar-refractivity contribution in [2.75, 3.05) is 11.9 Å². The van der Waals surface area contributed by atoms with Crippen LogP contribution in [0.1, 0.15) is 32.9 Å². The first-order chi connectivity index (χ1) is 16.2. The van der Waals surface area contributed by atoms with Crippen LogP contribution in [0.25, 0.3) is 11.4 Å². The highest BCUT2D eigenvalue weighted by molar-refractivity contribution is 6.30. The number of carbonyl (C=O) groups is 1. The Balaban J connectivity index is 2.28. The zero-order valence-electron chi connectivity index (χ0n) is 19.7. The van der Waals surface area contributed by atoms with E-state index in [0.717, 1.165) is 6.42 Å². The van der Waals surface area contributed by atoms with Gasteiger partial charge >= 0.3 is 5.69 Å². The van der Waals surface area contributed by atoms with Gasteiger partial charge in [0.15, 0.2) is 5.82 Å². The van der Waals surface area contributed by atoms with Gasteiger partial charge in [-0.2, -0.15) is 0 Å². The molecule has 0 aliphatic rings. The Hall–Kier alpha value is -3.71. The fourth-order valence-electron chi connectivity index (χ4n) is 3.40. The van der Waals surface area contributed by atoms with Crippen LogP contribution in [0.3, 0.4) is 0 Å². The summed E-state index contributed by atoms with van der Waals surface area (Å²) in [6.45, 7) is 9.25. The molecular formula is C26H28ClN5O2. The molecule has 3 aromatic rings. The van der Waals surface area contributed by atoms with Crippen molar-refractivity contribution in [3.8, 4) is 11.4 Å². The minimum absolute atomic E-state index is 0.197. The topological polar surface area (TPSA) is 83.4 Å². The standard InChI is InChI=1S/C26H28ClN5O2/c1-6-17(3)16-29-25-24(18(4)28)31(21-10-8-19(27)9-11-21)26(34)32(25)22-14-12-20(13-15-22)30(5)23(33)7-2/h7-17,28H,2,6H2,1,3-5H3. The number of halogens is 1. The van der Waals surface area contributed by atoms with Crippen molar-refractivity contribution in [3.63, 3.8) is 0 Å². The van der Waals surface area contributed by atoms with Gasteiger partial charge in [0.05, 0.1) is 17.1 Å². The first kappa shape index (κ1) is 24.9. The van der Waals surface area contributed by atoms with Gasteiger partial charge < -0.3 is 10.3 Å². The second-order valence-corrected chi connectivity index (χ2v) is 8.44. The van der Waals surface area contributed by atoms with Gasteiger partial charge in [0.1, 0.15) is 5.69 Å². The van der Waals surface area contributed by atoms with Crippen molar-refractivity contribution >= 4 is 40.9 Å². The Morgan fingerprint density at radius 1 is 1.15 bits per heavy atom. The summed E-state index contributed by atoms with van der Waals surface area (Å²) >= 11 is 6.05. The first-order valence-corrected chi connectivity index (χ1v) is 11.3. The fraction of sp³-hybridized carbons (Fsp3) is 0.231. The number of aromatic nitrogens is 2. The molecule has 0 aliphatic heterocycles. The predicted octanol–water partition coefficient (Wildman–Crippen LogP) is 5.57. The van der Waals surface area contributed by atoms with Crippen molar-refractivity contribution in [3.05, 3.63) is 82.4 Å². The van der Waals surface area contributed by atoms with E-state index in [1.54, 1.807) is 68.7 Å². The number of imidazole rings is 1. The van der Waals surface area contributed by atoms with E-state index in [2.05, 4.69) is 18.5 Å². The molecule has 1 N–H and O–H groups in total. The number of nitrogens with one attached hydrogen (secondary N) is 1. The summed E-state index contributed by atoms with van der Waals surface area (Å²) in [7, 11) is 1.65. The number of amides is 1. The maximum Gasteiger partial charge on any atom is 0.339 e. The van der Waals surface area contributed by atoms with Crippen LogP contribution in [0.5, 0.6) is 0 Å². The zero-order chi connectivity index (χ0) is 25.0. The number of aliphatic imine (C=N–C) groups is 1. The summed E-state index contributed by atoms with van der Waals surface area (Å²) in [6.07, 6.45) is 3.93. The van der Waals surface area contributed by atoms with E-state index in [1.165, 1.54) is 20.1 Å². The summed E-state index contributed by atoms with van der Waals surface area (Å²) in [6, 6.07) is 13.9. The molecule has 34 heavy (non-hydrogen) atoms. The number of nitrogens with zero attached hydrogens (tertiary/aromatic N) is 4. The van der Waals surface area contributed by atoms with Gasteiger partial charge in [-0.15, -0.1) is 0 Å². The Labute approximate surface area is 204 Å². The van der Waals surface area contributed by atoms with Gasteiger partial charge in [0.2, 0.25) is 5.91 Å². The van der Waals surface area contributed by atoms with Gasteiger partial charge in [-0.05, 0) is 73.9 Å². The Morgan fingerprint density at radius 3 is 2.24 bits per heavy atom. The van der Waals surface area contributed by atoms with Crippen LogP contribution in [-0.2, 0) is 4.79 Å². The third-order valence-corrected chi connectivity index (χ3v) is 5.82. The molecule has 0 saturated heterocycles. The monoisotopic (exact) mass is 477 g/mol. The van der Waals surface area contributed by atoms with Gasteiger partial charge in [0, 0.05) is 24.0 Å². The van der Waals surface area contributed by atoms with Crippen molar-refractivity contribution in [2.45, 2.75) is 27.2 Å². The average Bonchev–Trinajstić information content (AvgIpc) is 3.14. The lowest BCUT2D eigenvalue weighted by Gasteiger charge is -2.15. The molecule has 7 nitrogen and oxygen atoms in total. The number of benzene rings is 2. The van der Waals surface area contributed by atoms with Crippen molar-refractivity contribution in [1.29, 1.82) is 5.41 Å². The van der Waals surface area contributed by atoms with Crippen LogP contribution in [0, 0.1) is 11.3 Å². The van der Waals surface area contributed by atoms with Crippen LogP contribution in [0.2, 0.25) is 5.02 Å². The molecular weight excluding hydrogens is 450 g/mol. The van der Waals surface area contributed by atoms with E-state index < -0.39 is 0 Å². The highest BCUT2D eigenvalue weighted by atomic mass is 35.5. The number of likely N-dealkylation sites (N-methyl/N-ethyl adjacent to an activating group) is 1. The second kappa shape index (κ2) is 10.5. The third kappa shape index (κ3) is 4.94. The minimum Gasteiger partial charge on any atom is -0.312 e. The molecule has 1 unspecified atom stereocenters. The predicted molar refractivity (Wildman–Crippen MR) is 140 cm³/mol. The van der Waals surface area contributed by atoms with E-state index in [0.29, 0.717) is 33.6 Å². The highest BCUT2D eigenvalue weighted by Crippen LogP contribution is 2.27. The van der Waals surface area contributed by atoms with Crippen LogP contribution < -0.4 is 10.6 Å². The average molecular weight is 478 g/mol. The molecule has 0 fully saturated rings. The molecule has 1 heterocycles. The Morgan fingerprint density at radius 2 is 1.71 bits per heavy atom. The third-order valence-electron chi connectivity index (χ3n) is 5.57. The second-order valence-electron chi connectivity index (χ2n) is 8.01. The lowest BCUT2D eigenvalue weighted by molar-refractivity contribution is -0.113. The van der Waals surface area contributed by atoms with Gasteiger partial charge in [0.25, 0.3) is 0 Å². The molecule has 0 radical (unpaired) electrons. The molecule has 176 valence electrons. The maximum absolute atomic E-state index is 13.7. The summed E-state index contributed by atoms with van der Waals surface area (Å²) in [5, 5.41) is 8.99. The molecule has 0 saturated carbocycles.